The van der Waals surface area contributed by atoms with Gasteiger partial charge in [0, 0.05) is 6.54 Å². The van der Waals surface area contributed by atoms with Crippen LogP contribution in [0.3, 0.4) is 0 Å². The second-order valence-corrected chi connectivity index (χ2v) is 4.12. The molecule has 3 rings (SSSR count). The van der Waals surface area contributed by atoms with E-state index in [9.17, 15) is 0 Å². The molecule has 4 nitrogen and oxygen atoms in total. The Bertz CT molecular complexity index is 335. The largest absolute Gasteiger partial charge is 0.372 e. The van der Waals surface area contributed by atoms with Crippen LogP contribution in [-0.2, 0) is 14.3 Å². The van der Waals surface area contributed by atoms with E-state index in [1.807, 2.05) is 18.2 Å². The molecular formula is C12H15NO3. The highest BCUT2D eigenvalue weighted by Gasteiger charge is 2.35. The fourth-order valence-electron chi connectivity index (χ4n) is 1.65. The summed E-state index contributed by atoms with van der Waals surface area (Å²) in [5.74, 6) is 0. The minimum Gasteiger partial charge on any atom is -0.372 e. The first-order valence-corrected chi connectivity index (χ1v) is 5.60. The van der Waals surface area contributed by atoms with Crippen molar-refractivity contribution in [3.05, 3.63) is 35.9 Å². The fourth-order valence-corrected chi connectivity index (χ4v) is 1.65. The molecule has 1 N–H and O–H groups in total. The lowest BCUT2D eigenvalue weighted by atomic mass is 10.1. The topological polar surface area (TPSA) is 46.3 Å². The number of hydrogen-bond donors (Lipinski definition) is 1. The molecule has 0 spiro atoms. The van der Waals surface area contributed by atoms with Crippen LogP contribution in [0.4, 0.5) is 0 Å². The summed E-state index contributed by atoms with van der Waals surface area (Å²) in [4.78, 5) is 5.65. The maximum absolute atomic E-state index is 5.65. The summed E-state index contributed by atoms with van der Waals surface area (Å²) in [6.45, 7) is 2.36. The summed E-state index contributed by atoms with van der Waals surface area (Å²) in [7, 11) is 0. The van der Waals surface area contributed by atoms with Crippen molar-refractivity contribution < 1.29 is 14.3 Å². The first-order chi connectivity index (χ1) is 7.93. The lowest BCUT2D eigenvalue weighted by molar-refractivity contribution is -0.0418. The molecule has 2 aliphatic rings. The lowest BCUT2D eigenvalue weighted by Crippen LogP contribution is -2.25. The minimum atomic E-state index is -0.0139. The Labute approximate surface area is 94.5 Å². The Morgan fingerprint density at radius 3 is 2.62 bits per heavy atom. The van der Waals surface area contributed by atoms with Gasteiger partial charge in [-0.3, -0.25) is 4.84 Å². The summed E-state index contributed by atoms with van der Waals surface area (Å²) in [6.07, 6.45) is 0.506. The second-order valence-electron chi connectivity index (χ2n) is 4.12. The van der Waals surface area contributed by atoms with Crippen molar-refractivity contribution in [3.8, 4) is 0 Å². The van der Waals surface area contributed by atoms with E-state index in [1.165, 1.54) is 0 Å². The third-order valence-corrected chi connectivity index (χ3v) is 2.75. The smallest absolute Gasteiger partial charge is 0.132 e. The van der Waals surface area contributed by atoms with Gasteiger partial charge in [0.25, 0.3) is 0 Å². The summed E-state index contributed by atoms with van der Waals surface area (Å²) >= 11 is 0. The van der Waals surface area contributed by atoms with Gasteiger partial charge in [-0.25, -0.2) is 0 Å². The standard InChI is InChI=1S/C12H15NO3/c1-2-4-9(5-3-1)12(11-8-15-11)16-13-6-10-7-14-10/h1-5,10-13H,6-8H2. The van der Waals surface area contributed by atoms with Gasteiger partial charge in [0.05, 0.1) is 19.3 Å². The number of rotatable bonds is 6. The van der Waals surface area contributed by atoms with Crippen molar-refractivity contribution in [3.63, 3.8) is 0 Å². The van der Waals surface area contributed by atoms with Crippen LogP contribution in [-0.4, -0.2) is 32.0 Å². The number of epoxide rings is 2. The fraction of sp³-hybridized carbons (Fsp3) is 0.500. The Morgan fingerprint density at radius 1 is 1.25 bits per heavy atom. The van der Waals surface area contributed by atoms with Crippen molar-refractivity contribution in [2.24, 2.45) is 0 Å². The van der Waals surface area contributed by atoms with Gasteiger partial charge in [0.2, 0.25) is 0 Å². The molecule has 86 valence electrons. The molecule has 4 heteroatoms. The molecule has 1 aromatic rings. The maximum atomic E-state index is 5.65. The van der Waals surface area contributed by atoms with Gasteiger partial charge in [0.1, 0.15) is 12.2 Å². The van der Waals surface area contributed by atoms with Gasteiger partial charge >= 0.3 is 0 Å². The van der Waals surface area contributed by atoms with E-state index in [0.29, 0.717) is 6.10 Å². The molecule has 0 saturated carbocycles. The molecule has 2 saturated heterocycles. The monoisotopic (exact) mass is 221 g/mol. The Kier molecular flexibility index (Phi) is 2.88. The molecule has 2 fully saturated rings. The molecular weight excluding hydrogens is 206 g/mol. The van der Waals surface area contributed by atoms with Crippen LogP contribution in [0.1, 0.15) is 11.7 Å². The van der Waals surface area contributed by atoms with E-state index >= 15 is 0 Å². The molecule has 3 unspecified atom stereocenters. The van der Waals surface area contributed by atoms with Crippen molar-refractivity contribution in [2.75, 3.05) is 19.8 Å². The van der Waals surface area contributed by atoms with E-state index < -0.39 is 0 Å². The van der Waals surface area contributed by atoms with Gasteiger partial charge in [-0.05, 0) is 5.56 Å². The van der Waals surface area contributed by atoms with Crippen LogP contribution in [0.2, 0.25) is 0 Å². The highest BCUT2D eigenvalue weighted by Crippen LogP contribution is 2.30. The predicted molar refractivity (Wildman–Crippen MR) is 57.8 cm³/mol. The average Bonchev–Trinajstić information content (AvgIpc) is 3.17. The van der Waals surface area contributed by atoms with Crippen LogP contribution in [0.5, 0.6) is 0 Å². The first-order valence-electron chi connectivity index (χ1n) is 5.60. The molecule has 0 aliphatic carbocycles. The zero-order chi connectivity index (χ0) is 10.8. The average molecular weight is 221 g/mol. The minimum absolute atomic E-state index is 0.0139. The Balaban J connectivity index is 1.57. The van der Waals surface area contributed by atoms with Gasteiger partial charge in [-0.15, -0.1) is 0 Å². The first kappa shape index (κ1) is 10.2. The molecule has 2 heterocycles. The van der Waals surface area contributed by atoms with Crippen molar-refractivity contribution in [2.45, 2.75) is 18.3 Å². The van der Waals surface area contributed by atoms with Gasteiger partial charge in [0.15, 0.2) is 0 Å². The molecule has 1 aromatic carbocycles. The van der Waals surface area contributed by atoms with E-state index in [0.717, 1.165) is 25.3 Å². The maximum Gasteiger partial charge on any atom is 0.132 e. The molecule has 0 radical (unpaired) electrons. The third-order valence-electron chi connectivity index (χ3n) is 2.75. The highest BCUT2D eigenvalue weighted by atomic mass is 16.7. The number of hydrogen-bond acceptors (Lipinski definition) is 4. The lowest BCUT2D eigenvalue weighted by Gasteiger charge is -2.15. The summed E-state index contributed by atoms with van der Waals surface area (Å²) in [6, 6.07) is 10.1. The van der Waals surface area contributed by atoms with Crippen LogP contribution in [0, 0.1) is 0 Å². The Morgan fingerprint density at radius 2 is 2.00 bits per heavy atom. The summed E-state index contributed by atoms with van der Waals surface area (Å²) in [5.41, 5.74) is 4.11. The van der Waals surface area contributed by atoms with Gasteiger partial charge < -0.3 is 9.47 Å². The van der Waals surface area contributed by atoms with Crippen LogP contribution in [0.25, 0.3) is 0 Å². The molecule has 16 heavy (non-hydrogen) atoms. The van der Waals surface area contributed by atoms with Crippen LogP contribution in [0.15, 0.2) is 30.3 Å². The number of nitrogens with one attached hydrogen (secondary N) is 1. The predicted octanol–water partition coefficient (Wildman–Crippen LogP) is 1.05. The van der Waals surface area contributed by atoms with Crippen LogP contribution < -0.4 is 5.48 Å². The third kappa shape index (κ3) is 2.59. The quantitative estimate of drug-likeness (QED) is 0.576. The van der Waals surface area contributed by atoms with Crippen molar-refractivity contribution >= 4 is 0 Å². The van der Waals surface area contributed by atoms with Crippen LogP contribution >= 0.6 is 0 Å². The SMILES string of the molecule is c1ccc(C(ONCC2CO2)C2CO2)cc1. The molecule has 2 aliphatic heterocycles. The number of benzene rings is 1. The van der Waals surface area contributed by atoms with Crippen molar-refractivity contribution in [1.29, 1.82) is 0 Å². The molecule has 0 amide bonds. The molecule has 0 bridgehead atoms. The molecule has 0 aromatic heterocycles. The van der Waals surface area contributed by atoms with Gasteiger partial charge in [-0.2, -0.15) is 5.48 Å². The van der Waals surface area contributed by atoms with E-state index in [-0.39, 0.29) is 12.2 Å². The van der Waals surface area contributed by atoms with Gasteiger partial charge in [-0.1, -0.05) is 30.3 Å². The van der Waals surface area contributed by atoms with E-state index in [2.05, 4.69) is 17.6 Å². The van der Waals surface area contributed by atoms with E-state index in [4.69, 9.17) is 14.3 Å². The Hall–Kier alpha value is -0.940. The number of ether oxygens (including phenoxy) is 2. The zero-order valence-corrected chi connectivity index (χ0v) is 8.96. The molecule has 3 atom stereocenters. The van der Waals surface area contributed by atoms with E-state index in [1.54, 1.807) is 0 Å². The number of hydroxylamine groups is 1. The summed E-state index contributed by atoms with van der Waals surface area (Å²) in [5, 5.41) is 0. The zero-order valence-electron chi connectivity index (χ0n) is 8.96. The second kappa shape index (κ2) is 4.51. The van der Waals surface area contributed by atoms with Crippen molar-refractivity contribution in [1.82, 2.24) is 5.48 Å². The normalized spacial score (nSPS) is 28.8. The summed E-state index contributed by atoms with van der Waals surface area (Å²) < 4.78 is 10.4. The highest BCUT2D eigenvalue weighted by molar-refractivity contribution is 5.19.